The first-order valence-electron chi connectivity index (χ1n) is 20.5. The van der Waals surface area contributed by atoms with Crippen LogP contribution in [0.15, 0.2) is 0 Å². The van der Waals surface area contributed by atoms with E-state index in [1.807, 2.05) is 5.01 Å². The molecule has 0 rings (SSSR count). The Hall–Kier alpha value is -0.120. The molecule has 0 aliphatic rings. The van der Waals surface area contributed by atoms with Crippen LogP contribution >= 0.6 is 0 Å². The van der Waals surface area contributed by atoms with Crippen molar-refractivity contribution in [1.29, 1.82) is 0 Å². The molecule has 0 atom stereocenters. The summed E-state index contributed by atoms with van der Waals surface area (Å²) in [7, 11) is 0. The minimum absolute atomic E-state index is 0.950. The maximum absolute atomic E-state index is 6.11. The van der Waals surface area contributed by atoms with Gasteiger partial charge in [-0.15, -0.1) is 0 Å². The van der Waals surface area contributed by atoms with E-state index in [9.17, 15) is 0 Å². The van der Waals surface area contributed by atoms with Crippen molar-refractivity contribution in [3.05, 3.63) is 0 Å². The zero-order valence-corrected chi connectivity index (χ0v) is 30.6. The van der Waals surface area contributed by atoms with Gasteiger partial charge in [0.2, 0.25) is 0 Å². The molecule has 0 aliphatic carbocycles. The van der Waals surface area contributed by atoms with E-state index < -0.39 is 0 Å². The van der Waals surface area contributed by atoms with Crippen molar-refractivity contribution in [2.75, 3.05) is 32.7 Å². The van der Waals surface area contributed by atoms with Gasteiger partial charge in [0.05, 0.1) is 0 Å². The molecule has 0 unspecified atom stereocenters. The predicted molar refractivity (Wildman–Crippen MR) is 197 cm³/mol. The molecule has 0 spiro atoms. The van der Waals surface area contributed by atoms with Gasteiger partial charge >= 0.3 is 0 Å². The zero-order chi connectivity index (χ0) is 31.3. The van der Waals surface area contributed by atoms with Gasteiger partial charge < -0.3 is 4.90 Å². The minimum Gasteiger partial charge on any atom is -0.302 e. The molecule has 3 nitrogen and oxygen atoms in total. The molecule has 0 aromatic heterocycles. The van der Waals surface area contributed by atoms with Crippen molar-refractivity contribution in [3.63, 3.8) is 0 Å². The van der Waals surface area contributed by atoms with Crippen LogP contribution in [0.2, 0.25) is 0 Å². The van der Waals surface area contributed by atoms with Crippen molar-refractivity contribution in [2.24, 2.45) is 5.84 Å². The molecule has 0 heterocycles. The maximum atomic E-state index is 6.11. The summed E-state index contributed by atoms with van der Waals surface area (Å²) in [6, 6.07) is 0. The fourth-order valence-corrected chi connectivity index (χ4v) is 6.53. The number of hydrogen-bond acceptors (Lipinski definition) is 3. The normalized spacial score (nSPS) is 11.9. The second kappa shape index (κ2) is 38.1. The van der Waals surface area contributed by atoms with Crippen LogP contribution in [0.4, 0.5) is 0 Å². The van der Waals surface area contributed by atoms with Crippen LogP contribution in [-0.4, -0.2) is 42.6 Å². The second-order valence-corrected chi connectivity index (χ2v) is 14.1. The Morgan fingerprint density at radius 1 is 0.279 bits per heavy atom. The van der Waals surface area contributed by atoms with Crippen molar-refractivity contribution < 1.29 is 0 Å². The summed E-state index contributed by atoms with van der Waals surface area (Å²) in [5, 5.41) is 1.98. The first-order chi connectivity index (χ1) is 21.2. The third kappa shape index (κ3) is 36.2. The first-order valence-corrected chi connectivity index (χ1v) is 20.5. The Bertz CT molecular complexity index is 446. The van der Waals surface area contributed by atoms with Crippen LogP contribution in [0.5, 0.6) is 0 Å². The first kappa shape index (κ1) is 42.9. The predicted octanol–water partition coefficient (Wildman–Crippen LogP) is 13.0. The van der Waals surface area contributed by atoms with E-state index in [1.54, 1.807) is 0 Å². The molecule has 0 saturated heterocycles. The number of nitrogens with zero attached hydrogens (tertiary/aromatic N) is 2. The zero-order valence-electron chi connectivity index (χ0n) is 30.6. The average Bonchev–Trinajstić information content (AvgIpc) is 3.02. The Labute approximate surface area is 274 Å². The maximum Gasteiger partial charge on any atom is 0.0256 e. The summed E-state index contributed by atoms with van der Waals surface area (Å²) < 4.78 is 0. The average molecular weight is 608 g/mol. The summed E-state index contributed by atoms with van der Waals surface area (Å²) in [6.45, 7) is 12.4. The van der Waals surface area contributed by atoms with Gasteiger partial charge in [-0.2, -0.15) is 0 Å². The van der Waals surface area contributed by atoms with E-state index in [1.165, 1.54) is 219 Å². The molecule has 0 fully saturated rings. The summed E-state index contributed by atoms with van der Waals surface area (Å²) in [5.41, 5.74) is 0. The summed E-state index contributed by atoms with van der Waals surface area (Å²) in [6.07, 6.45) is 46.3. The number of nitrogens with two attached hydrogens (primary N) is 1. The van der Waals surface area contributed by atoms with Gasteiger partial charge in [-0.05, 0) is 25.9 Å². The summed E-state index contributed by atoms with van der Waals surface area (Å²) in [4.78, 5) is 2.71. The van der Waals surface area contributed by atoms with E-state index in [2.05, 4.69) is 25.7 Å². The van der Waals surface area contributed by atoms with Gasteiger partial charge in [0.15, 0.2) is 0 Å². The van der Waals surface area contributed by atoms with Crippen LogP contribution in [0.1, 0.15) is 226 Å². The second-order valence-electron chi connectivity index (χ2n) is 14.1. The minimum atomic E-state index is 0.950. The highest BCUT2D eigenvalue weighted by molar-refractivity contribution is 4.62. The van der Waals surface area contributed by atoms with E-state index >= 15 is 0 Å². The smallest absolute Gasteiger partial charge is 0.0256 e. The number of likely N-dealkylation sites (N-methyl/N-ethyl adjacent to an activating group) is 1. The SMILES string of the molecule is CCCCCCCCCCCCCCCCCCN(CCCCCCCCCCCCCCCCCC)CCN(N)CC. The van der Waals surface area contributed by atoms with Crippen molar-refractivity contribution in [3.8, 4) is 0 Å². The lowest BCUT2D eigenvalue weighted by Gasteiger charge is -2.25. The fourth-order valence-electron chi connectivity index (χ4n) is 6.53. The molecule has 2 N–H and O–H groups in total. The standard InChI is InChI=1S/C40H85N3/c1-4-7-9-11-13-15-17-19-21-23-25-27-29-31-33-35-37-42(39-40-43(41)6-3)38-36-34-32-30-28-26-24-22-20-18-16-14-12-10-8-5-2/h4-41H2,1-3H3. The van der Waals surface area contributed by atoms with E-state index in [0.29, 0.717) is 0 Å². The molecule has 0 aromatic rings. The molecule has 0 saturated carbocycles. The molecule has 43 heavy (non-hydrogen) atoms. The van der Waals surface area contributed by atoms with Gasteiger partial charge in [-0.3, -0.25) is 5.84 Å². The van der Waals surface area contributed by atoms with Crippen LogP contribution in [-0.2, 0) is 0 Å². The highest BCUT2D eigenvalue weighted by atomic mass is 15.4. The largest absolute Gasteiger partial charge is 0.302 e. The molecule has 0 amide bonds. The van der Waals surface area contributed by atoms with Gasteiger partial charge in [0.25, 0.3) is 0 Å². The molecular formula is C40H85N3. The summed E-state index contributed by atoms with van der Waals surface area (Å²) in [5.74, 6) is 6.11. The van der Waals surface area contributed by atoms with E-state index in [-0.39, 0.29) is 0 Å². The van der Waals surface area contributed by atoms with Crippen LogP contribution in [0.3, 0.4) is 0 Å². The van der Waals surface area contributed by atoms with E-state index in [4.69, 9.17) is 5.84 Å². The number of hydrogen-bond donors (Lipinski definition) is 1. The molecule has 0 aromatic carbocycles. The van der Waals surface area contributed by atoms with E-state index in [0.717, 1.165) is 19.6 Å². The summed E-state index contributed by atoms with van der Waals surface area (Å²) >= 11 is 0. The number of rotatable bonds is 38. The Balaban J connectivity index is 3.62. The van der Waals surface area contributed by atoms with Crippen LogP contribution in [0, 0.1) is 0 Å². The lowest BCUT2D eigenvalue weighted by molar-refractivity contribution is 0.205. The molecule has 0 aliphatic heterocycles. The topological polar surface area (TPSA) is 32.5 Å². The molecular weight excluding hydrogens is 522 g/mol. The Morgan fingerprint density at radius 2 is 0.512 bits per heavy atom. The van der Waals surface area contributed by atoms with Gasteiger partial charge in [-0.25, -0.2) is 5.01 Å². The van der Waals surface area contributed by atoms with Crippen LogP contribution < -0.4 is 5.84 Å². The van der Waals surface area contributed by atoms with Crippen LogP contribution in [0.25, 0.3) is 0 Å². The number of hydrazine groups is 1. The van der Waals surface area contributed by atoms with Gasteiger partial charge in [0, 0.05) is 19.6 Å². The highest BCUT2D eigenvalue weighted by Crippen LogP contribution is 2.16. The quantitative estimate of drug-likeness (QED) is 0.0430. The van der Waals surface area contributed by atoms with Crippen molar-refractivity contribution in [1.82, 2.24) is 9.91 Å². The fraction of sp³-hybridized carbons (Fsp3) is 1.00. The monoisotopic (exact) mass is 608 g/mol. The third-order valence-electron chi connectivity index (χ3n) is 9.77. The van der Waals surface area contributed by atoms with Gasteiger partial charge in [-0.1, -0.05) is 213 Å². The Kier molecular flexibility index (Phi) is 38.0. The van der Waals surface area contributed by atoms with Crippen molar-refractivity contribution >= 4 is 0 Å². The number of unbranched alkanes of at least 4 members (excludes halogenated alkanes) is 30. The molecule has 0 bridgehead atoms. The molecule has 260 valence electrons. The molecule has 3 heteroatoms. The molecule has 0 radical (unpaired) electrons. The lowest BCUT2D eigenvalue weighted by Crippen LogP contribution is -2.39. The van der Waals surface area contributed by atoms with Crippen molar-refractivity contribution in [2.45, 2.75) is 226 Å². The van der Waals surface area contributed by atoms with Gasteiger partial charge in [0.1, 0.15) is 0 Å². The lowest BCUT2D eigenvalue weighted by atomic mass is 10.0. The third-order valence-corrected chi connectivity index (χ3v) is 9.77. The Morgan fingerprint density at radius 3 is 0.744 bits per heavy atom. The highest BCUT2D eigenvalue weighted by Gasteiger charge is 2.07.